The molecule has 0 radical (unpaired) electrons. The molecule has 1 saturated heterocycles. The van der Waals surface area contributed by atoms with Crippen molar-refractivity contribution in [2.24, 2.45) is 11.8 Å². The van der Waals surface area contributed by atoms with Crippen LogP contribution in [0.2, 0.25) is 0 Å². The highest BCUT2D eigenvalue weighted by Crippen LogP contribution is 2.60. The van der Waals surface area contributed by atoms with Gasteiger partial charge in [-0.3, -0.25) is 13.9 Å². The molecule has 198 valence electrons. The van der Waals surface area contributed by atoms with Crippen molar-refractivity contribution < 1.29 is 9.18 Å². The monoisotopic (exact) mass is 551 g/mol. The highest BCUT2D eigenvalue weighted by molar-refractivity contribution is 7.97. The Kier molecular flexibility index (Phi) is 5.46. The summed E-state index contributed by atoms with van der Waals surface area (Å²) in [6.45, 7) is 5.11. The molecular formula is C27H30FN7OS2. The van der Waals surface area contributed by atoms with Gasteiger partial charge in [0.2, 0.25) is 5.91 Å². The number of nitrogens with zero attached hydrogens (tertiary/aromatic N) is 6. The topological polar surface area (TPSA) is 99.2 Å². The number of hydrogen-bond donors (Lipinski definition) is 1. The highest BCUT2D eigenvalue weighted by atomic mass is 32.2. The molecule has 4 heterocycles. The van der Waals surface area contributed by atoms with Crippen molar-refractivity contribution in [3.05, 3.63) is 29.0 Å². The molecule has 3 saturated carbocycles. The molecule has 11 heteroatoms. The molecule has 4 aliphatic rings. The first-order valence-electron chi connectivity index (χ1n) is 13.4. The Balaban J connectivity index is 1.26. The number of carbonyl (C=O) groups is 1. The summed E-state index contributed by atoms with van der Waals surface area (Å²) in [5, 5.41) is 19.9. The van der Waals surface area contributed by atoms with Crippen LogP contribution in [0.4, 0.5) is 4.39 Å². The minimum atomic E-state index is -0.481. The van der Waals surface area contributed by atoms with Gasteiger partial charge in [-0.25, -0.2) is 9.37 Å². The molecule has 1 amide bonds. The van der Waals surface area contributed by atoms with Gasteiger partial charge in [0.05, 0.1) is 23.3 Å². The van der Waals surface area contributed by atoms with Gasteiger partial charge in [0.25, 0.3) is 0 Å². The molecule has 8 nitrogen and oxygen atoms in total. The zero-order chi connectivity index (χ0) is 26.3. The average molecular weight is 552 g/mol. The fourth-order valence-electron chi connectivity index (χ4n) is 5.92. The number of fused-ring (bicyclic) bond motifs is 2. The van der Waals surface area contributed by atoms with Gasteiger partial charge in [-0.2, -0.15) is 5.26 Å². The van der Waals surface area contributed by atoms with Gasteiger partial charge in [0.15, 0.2) is 10.8 Å². The van der Waals surface area contributed by atoms with E-state index in [-0.39, 0.29) is 23.9 Å². The van der Waals surface area contributed by atoms with E-state index in [0.29, 0.717) is 16.7 Å². The van der Waals surface area contributed by atoms with Crippen molar-refractivity contribution in [2.75, 3.05) is 19.8 Å². The second-order valence-electron chi connectivity index (χ2n) is 11.9. The van der Waals surface area contributed by atoms with E-state index in [1.165, 1.54) is 28.8 Å². The van der Waals surface area contributed by atoms with Crippen molar-refractivity contribution in [1.29, 1.82) is 5.26 Å². The number of carbonyl (C=O) groups excluding carboxylic acids is 1. The Hall–Kier alpha value is -2.55. The summed E-state index contributed by atoms with van der Waals surface area (Å²) in [6, 6.07) is 4.65. The summed E-state index contributed by atoms with van der Waals surface area (Å²) >= 11 is 2.94. The third-order valence-electron chi connectivity index (χ3n) is 8.94. The van der Waals surface area contributed by atoms with E-state index in [4.69, 9.17) is 4.98 Å². The van der Waals surface area contributed by atoms with Crippen LogP contribution in [0.5, 0.6) is 0 Å². The van der Waals surface area contributed by atoms with Crippen LogP contribution in [0.15, 0.2) is 23.4 Å². The fourth-order valence-corrected chi connectivity index (χ4v) is 7.88. The third kappa shape index (κ3) is 3.79. The molecular weight excluding hydrogens is 521 g/mol. The normalized spacial score (nSPS) is 26.3. The average Bonchev–Trinajstić information content (AvgIpc) is 3.88. The lowest BCUT2D eigenvalue weighted by Crippen LogP contribution is -2.42. The van der Waals surface area contributed by atoms with Gasteiger partial charge >= 0.3 is 0 Å². The Labute approximate surface area is 229 Å². The van der Waals surface area contributed by atoms with E-state index in [9.17, 15) is 14.4 Å². The van der Waals surface area contributed by atoms with Crippen LogP contribution >= 0.6 is 23.3 Å². The van der Waals surface area contributed by atoms with Crippen molar-refractivity contribution in [3.8, 4) is 16.9 Å². The summed E-state index contributed by atoms with van der Waals surface area (Å²) in [6.07, 6.45) is 9.30. The first kappa shape index (κ1) is 24.5. The molecule has 1 N–H and O–H groups in total. The molecule has 2 unspecified atom stereocenters. The van der Waals surface area contributed by atoms with E-state index in [1.54, 1.807) is 0 Å². The largest absolute Gasteiger partial charge is 0.342 e. The van der Waals surface area contributed by atoms with Gasteiger partial charge in [-0.15, -0.1) is 10.2 Å². The van der Waals surface area contributed by atoms with Crippen LogP contribution < -0.4 is 4.72 Å². The Morgan fingerprint density at radius 2 is 2.13 bits per heavy atom. The van der Waals surface area contributed by atoms with Crippen molar-refractivity contribution in [2.45, 2.75) is 73.6 Å². The lowest BCUT2D eigenvalue weighted by atomic mass is 9.86. The maximum Gasteiger partial charge on any atom is 0.225 e. The SMILES string of the molecule is CC(C)C(=O)N1CCC2(c3cc(SNC4(CF)CC4)cn4c(-c5nnc(C6(C#N)CC6)s5)ncc34)CC2C1. The Morgan fingerprint density at radius 1 is 1.32 bits per heavy atom. The molecule has 2 atom stereocenters. The van der Waals surface area contributed by atoms with Gasteiger partial charge in [0.1, 0.15) is 17.1 Å². The number of halogens is 1. The summed E-state index contributed by atoms with van der Waals surface area (Å²) in [4.78, 5) is 20.5. The quantitative estimate of drug-likeness (QED) is 0.407. The molecule has 4 fully saturated rings. The number of amides is 1. The number of nitriles is 1. The number of hydrogen-bond acceptors (Lipinski definition) is 8. The first-order valence-corrected chi connectivity index (χ1v) is 15.0. The van der Waals surface area contributed by atoms with Crippen molar-refractivity contribution >= 4 is 34.7 Å². The number of aromatic nitrogens is 4. The molecule has 0 aromatic carbocycles. The van der Waals surface area contributed by atoms with Crippen LogP contribution in [-0.2, 0) is 15.6 Å². The summed E-state index contributed by atoms with van der Waals surface area (Å²) in [5.74, 6) is 1.38. The molecule has 3 aliphatic carbocycles. The van der Waals surface area contributed by atoms with Crippen LogP contribution in [0.1, 0.15) is 62.9 Å². The van der Waals surface area contributed by atoms with Crippen molar-refractivity contribution in [1.82, 2.24) is 29.2 Å². The predicted molar refractivity (Wildman–Crippen MR) is 143 cm³/mol. The predicted octanol–water partition coefficient (Wildman–Crippen LogP) is 4.65. The van der Waals surface area contributed by atoms with E-state index in [1.807, 2.05) is 24.9 Å². The molecule has 0 bridgehead atoms. The maximum atomic E-state index is 13.6. The van der Waals surface area contributed by atoms with Crippen molar-refractivity contribution in [3.63, 3.8) is 0 Å². The number of nitrogens with one attached hydrogen (secondary N) is 1. The second-order valence-corrected chi connectivity index (χ2v) is 13.8. The number of rotatable bonds is 8. The zero-order valence-corrected chi connectivity index (χ0v) is 23.2. The van der Waals surface area contributed by atoms with Crippen LogP contribution in [0, 0.1) is 23.2 Å². The van der Waals surface area contributed by atoms with E-state index >= 15 is 0 Å². The second kappa shape index (κ2) is 8.47. The summed E-state index contributed by atoms with van der Waals surface area (Å²) < 4.78 is 19.1. The molecule has 0 spiro atoms. The third-order valence-corrected chi connectivity index (χ3v) is 11.1. The van der Waals surface area contributed by atoms with Gasteiger partial charge < -0.3 is 4.90 Å². The molecule has 3 aromatic heterocycles. The zero-order valence-electron chi connectivity index (χ0n) is 21.5. The number of likely N-dealkylation sites (tertiary alicyclic amines) is 1. The summed E-state index contributed by atoms with van der Waals surface area (Å²) in [5.41, 5.74) is 1.41. The minimum Gasteiger partial charge on any atom is -0.342 e. The first-order chi connectivity index (χ1) is 18.3. The number of alkyl halides is 1. The molecule has 3 aromatic rings. The Bertz CT molecular complexity index is 1480. The lowest BCUT2D eigenvalue weighted by molar-refractivity contribution is -0.135. The molecule has 7 rings (SSSR count). The lowest BCUT2D eigenvalue weighted by Gasteiger charge is -2.33. The smallest absolute Gasteiger partial charge is 0.225 e. The van der Waals surface area contributed by atoms with E-state index < -0.39 is 11.0 Å². The number of pyridine rings is 1. The van der Waals surface area contributed by atoms with Gasteiger partial charge in [-0.1, -0.05) is 25.2 Å². The van der Waals surface area contributed by atoms with Crippen LogP contribution in [0.25, 0.3) is 16.3 Å². The molecule has 1 aliphatic heterocycles. The van der Waals surface area contributed by atoms with E-state index in [2.05, 4.69) is 37.7 Å². The standard InChI is InChI=1S/C27H30FN7OS2/c1-16(2)23(36)34-8-7-27(10-17(27)12-34)19-9-18(38-33-26(14-28)5-6-26)13-35-20(19)11-30-21(35)22-31-32-24(37-22)25(15-29)3-4-25/h9,11,13,16-17,33H,3-8,10,12,14H2,1-2H3. The minimum absolute atomic E-state index is 0.00834. The highest BCUT2D eigenvalue weighted by Gasteiger charge is 2.59. The number of piperidine rings is 1. The summed E-state index contributed by atoms with van der Waals surface area (Å²) in [7, 11) is 0. The van der Waals surface area contributed by atoms with Crippen LogP contribution in [-0.4, -0.2) is 55.7 Å². The molecule has 38 heavy (non-hydrogen) atoms. The fraction of sp³-hybridized carbons (Fsp3) is 0.593. The van der Waals surface area contributed by atoms with Gasteiger partial charge in [-0.05, 0) is 68.0 Å². The number of imidazole rings is 1. The Morgan fingerprint density at radius 3 is 2.79 bits per heavy atom. The maximum absolute atomic E-state index is 13.6. The van der Waals surface area contributed by atoms with Crippen LogP contribution in [0.3, 0.4) is 0 Å². The van der Waals surface area contributed by atoms with Gasteiger partial charge in [0, 0.05) is 35.5 Å². The van der Waals surface area contributed by atoms with E-state index in [0.717, 1.165) is 67.0 Å².